The number of hydrogen-bond donors (Lipinski definition) is 2. The Morgan fingerprint density at radius 1 is 1.33 bits per heavy atom. The van der Waals surface area contributed by atoms with Gasteiger partial charge in [0, 0.05) is 22.7 Å². The molecule has 0 radical (unpaired) electrons. The number of carboxylic acids is 1. The van der Waals surface area contributed by atoms with E-state index in [0.29, 0.717) is 15.6 Å². The van der Waals surface area contributed by atoms with Gasteiger partial charge in [0.25, 0.3) is 0 Å². The molecule has 0 saturated heterocycles. The molecule has 2 N–H and O–H groups in total. The minimum Gasteiger partial charge on any atom is -0.481 e. The molecule has 0 aliphatic heterocycles. The van der Waals surface area contributed by atoms with E-state index in [-0.39, 0.29) is 18.9 Å². The highest BCUT2D eigenvalue weighted by molar-refractivity contribution is 6.34. The molecule has 6 heteroatoms. The number of amides is 1. The Labute approximate surface area is 114 Å². The summed E-state index contributed by atoms with van der Waals surface area (Å²) in [6, 6.07) is 4.91. The average Bonchev–Trinajstić information content (AvgIpc) is 2.30. The smallest absolute Gasteiger partial charge is 0.305 e. The van der Waals surface area contributed by atoms with Crippen molar-refractivity contribution >= 4 is 41.2 Å². The van der Waals surface area contributed by atoms with Crippen molar-refractivity contribution in [3.8, 4) is 0 Å². The molecule has 0 saturated carbocycles. The second-order valence-corrected chi connectivity index (χ2v) is 4.28. The van der Waals surface area contributed by atoms with Crippen molar-refractivity contribution in [2.45, 2.75) is 6.42 Å². The number of carbonyl (C=O) groups excluding carboxylic acids is 1. The highest BCUT2D eigenvalue weighted by atomic mass is 35.5. The van der Waals surface area contributed by atoms with Crippen LogP contribution in [0.3, 0.4) is 0 Å². The van der Waals surface area contributed by atoms with E-state index in [4.69, 9.17) is 28.3 Å². The first-order valence-electron chi connectivity index (χ1n) is 5.12. The van der Waals surface area contributed by atoms with E-state index in [2.05, 4.69) is 5.32 Å². The highest BCUT2D eigenvalue weighted by Gasteiger charge is 2.01. The van der Waals surface area contributed by atoms with E-state index in [1.807, 2.05) is 0 Å². The first kappa shape index (κ1) is 14.5. The molecule has 1 aromatic rings. The van der Waals surface area contributed by atoms with Gasteiger partial charge in [-0.1, -0.05) is 23.2 Å². The normalized spacial score (nSPS) is 10.6. The van der Waals surface area contributed by atoms with Gasteiger partial charge in [0.2, 0.25) is 5.91 Å². The van der Waals surface area contributed by atoms with Gasteiger partial charge in [-0.3, -0.25) is 9.59 Å². The summed E-state index contributed by atoms with van der Waals surface area (Å²) >= 11 is 11.7. The van der Waals surface area contributed by atoms with Gasteiger partial charge in [0.1, 0.15) is 0 Å². The van der Waals surface area contributed by atoms with Crippen LogP contribution < -0.4 is 5.32 Å². The van der Waals surface area contributed by atoms with Gasteiger partial charge in [0.15, 0.2) is 0 Å². The number of hydrogen-bond acceptors (Lipinski definition) is 2. The van der Waals surface area contributed by atoms with Gasteiger partial charge in [-0.05, 0) is 29.8 Å². The van der Waals surface area contributed by atoms with Crippen molar-refractivity contribution < 1.29 is 14.7 Å². The number of halogens is 2. The summed E-state index contributed by atoms with van der Waals surface area (Å²) in [5.74, 6) is -1.34. The molecular formula is C12H11Cl2NO3. The lowest BCUT2D eigenvalue weighted by molar-refractivity contribution is -0.136. The lowest BCUT2D eigenvalue weighted by Gasteiger charge is -2.00. The van der Waals surface area contributed by atoms with Crippen LogP contribution in [0.25, 0.3) is 6.08 Å². The third-order valence-electron chi connectivity index (χ3n) is 2.01. The van der Waals surface area contributed by atoms with Crippen molar-refractivity contribution in [2.24, 2.45) is 0 Å². The second-order valence-electron chi connectivity index (χ2n) is 3.43. The summed E-state index contributed by atoms with van der Waals surface area (Å²) in [6.07, 6.45) is 2.68. The number of nitrogens with one attached hydrogen (secondary N) is 1. The zero-order valence-corrected chi connectivity index (χ0v) is 10.8. The summed E-state index contributed by atoms with van der Waals surface area (Å²) < 4.78 is 0. The number of rotatable bonds is 5. The van der Waals surface area contributed by atoms with Crippen molar-refractivity contribution in [3.05, 3.63) is 39.9 Å². The Bertz CT molecular complexity index is 486. The number of carboxylic acid groups (broad SMARTS) is 1. The summed E-state index contributed by atoms with van der Waals surface area (Å²) in [6.45, 7) is 0.0851. The quantitative estimate of drug-likeness (QED) is 0.818. The molecule has 0 spiro atoms. The molecule has 4 nitrogen and oxygen atoms in total. The van der Waals surface area contributed by atoms with Gasteiger partial charge in [0.05, 0.1) is 6.42 Å². The van der Waals surface area contributed by atoms with Gasteiger partial charge >= 0.3 is 5.97 Å². The second kappa shape index (κ2) is 7.03. The molecule has 1 rings (SSSR count). The molecule has 0 atom stereocenters. The predicted octanol–water partition coefficient (Wildman–Crippen LogP) is 2.60. The van der Waals surface area contributed by atoms with Crippen LogP contribution in [0, 0.1) is 0 Å². The highest BCUT2D eigenvalue weighted by Crippen LogP contribution is 2.21. The molecule has 1 amide bonds. The maximum absolute atomic E-state index is 11.3. The van der Waals surface area contributed by atoms with E-state index < -0.39 is 5.97 Å². The van der Waals surface area contributed by atoms with Gasteiger partial charge in [-0.15, -0.1) is 0 Å². The molecule has 0 fully saturated rings. The Morgan fingerprint density at radius 3 is 2.72 bits per heavy atom. The van der Waals surface area contributed by atoms with E-state index in [9.17, 15) is 9.59 Å². The van der Waals surface area contributed by atoms with E-state index in [1.54, 1.807) is 18.2 Å². The molecule has 18 heavy (non-hydrogen) atoms. The Kier molecular flexibility index (Phi) is 5.68. The largest absolute Gasteiger partial charge is 0.481 e. The van der Waals surface area contributed by atoms with Crippen molar-refractivity contribution in [3.63, 3.8) is 0 Å². The molecule has 0 aliphatic rings. The van der Waals surface area contributed by atoms with Crippen LogP contribution in [0.2, 0.25) is 10.0 Å². The van der Waals surface area contributed by atoms with Gasteiger partial charge < -0.3 is 10.4 Å². The number of carbonyl (C=O) groups is 2. The summed E-state index contributed by atoms with van der Waals surface area (Å²) in [4.78, 5) is 21.6. The zero-order valence-electron chi connectivity index (χ0n) is 9.32. The van der Waals surface area contributed by atoms with Gasteiger partial charge in [-0.25, -0.2) is 0 Å². The number of benzene rings is 1. The number of aliphatic carboxylic acids is 1. The third kappa shape index (κ3) is 5.21. The molecule has 0 unspecified atom stereocenters. The Balaban J connectivity index is 2.55. The van der Waals surface area contributed by atoms with E-state index in [0.717, 1.165) is 0 Å². The van der Waals surface area contributed by atoms with Crippen molar-refractivity contribution in [1.29, 1.82) is 0 Å². The molecular weight excluding hydrogens is 277 g/mol. The molecule has 0 bridgehead atoms. The Hall–Kier alpha value is -1.52. The van der Waals surface area contributed by atoms with Crippen molar-refractivity contribution in [2.75, 3.05) is 6.54 Å². The van der Waals surface area contributed by atoms with Crippen LogP contribution in [0.15, 0.2) is 24.3 Å². The topological polar surface area (TPSA) is 66.4 Å². The van der Waals surface area contributed by atoms with Crippen LogP contribution in [-0.4, -0.2) is 23.5 Å². The van der Waals surface area contributed by atoms with Crippen LogP contribution >= 0.6 is 23.2 Å². The minimum absolute atomic E-state index is 0.0851. The third-order valence-corrected chi connectivity index (χ3v) is 2.59. The average molecular weight is 288 g/mol. The molecule has 0 heterocycles. The fourth-order valence-electron chi connectivity index (χ4n) is 1.16. The maximum Gasteiger partial charge on any atom is 0.305 e. The monoisotopic (exact) mass is 287 g/mol. The van der Waals surface area contributed by atoms with Crippen LogP contribution in [0.1, 0.15) is 12.0 Å². The molecule has 96 valence electrons. The van der Waals surface area contributed by atoms with Crippen LogP contribution in [0.5, 0.6) is 0 Å². The lowest BCUT2D eigenvalue weighted by atomic mass is 10.2. The predicted molar refractivity (Wildman–Crippen MR) is 70.8 cm³/mol. The summed E-state index contributed by atoms with van der Waals surface area (Å²) in [7, 11) is 0. The zero-order chi connectivity index (χ0) is 13.5. The SMILES string of the molecule is O=C(O)CCNC(=O)/C=C/c1cc(Cl)ccc1Cl. The van der Waals surface area contributed by atoms with E-state index in [1.165, 1.54) is 12.2 Å². The fourth-order valence-corrected chi connectivity index (χ4v) is 1.52. The molecule has 0 aromatic heterocycles. The summed E-state index contributed by atoms with van der Waals surface area (Å²) in [5, 5.41) is 11.8. The lowest BCUT2D eigenvalue weighted by Crippen LogP contribution is -2.23. The summed E-state index contributed by atoms with van der Waals surface area (Å²) in [5.41, 5.74) is 0.623. The maximum atomic E-state index is 11.3. The van der Waals surface area contributed by atoms with Crippen LogP contribution in [0.4, 0.5) is 0 Å². The van der Waals surface area contributed by atoms with E-state index >= 15 is 0 Å². The minimum atomic E-state index is -0.961. The van der Waals surface area contributed by atoms with Crippen molar-refractivity contribution in [1.82, 2.24) is 5.32 Å². The Morgan fingerprint density at radius 2 is 2.06 bits per heavy atom. The molecule has 1 aromatic carbocycles. The fraction of sp³-hybridized carbons (Fsp3) is 0.167. The standard InChI is InChI=1S/C12H11Cl2NO3/c13-9-2-3-10(14)8(7-9)1-4-11(16)15-6-5-12(17)18/h1-4,7H,5-6H2,(H,15,16)(H,17,18)/b4-1+. The molecule has 0 aliphatic carbocycles. The first-order chi connectivity index (χ1) is 8.49. The first-order valence-corrected chi connectivity index (χ1v) is 5.87. The van der Waals surface area contributed by atoms with Crippen LogP contribution in [-0.2, 0) is 9.59 Å². The van der Waals surface area contributed by atoms with Gasteiger partial charge in [-0.2, -0.15) is 0 Å².